The number of anilines is 1. The second-order valence-electron chi connectivity index (χ2n) is 6.14. The van der Waals surface area contributed by atoms with E-state index < -0.39 is 6.09 Å². The smallest absolute Gasteiger partial charge is 0.404 e. The molecule has 1 saturated heterocycles. The van der Waals surface area contributed by atoms with Crippen molar-refractivity contribution in [2.75, 3.05) is 25.5 Å². The predicted octanol–water partition coefficient (Wildman–Crippen LogP) is 1.82. The molecular formula is C15H21N3O2. The summed E-state index contributed by atoms with van der Waals surface area (Å²) in [4.78, 5) is 15.4. The van der Waals surface area contributed by atoms with Crippen LogP contribution in [0.3, 0.4) is 0 Å². The van der Waals surface area contributed by atoms with Gasteiger partial charge in [0.2, 0.25) is 0 Å². The highest BCUT2D eigenvalue weighted by Crippen LogP contribution is 2.50. The number of nitrogens with zero attached hydrogens (tertiary/aromatic N) is 2. The van der Waals surface area contributed by atoms with Gasteiger partial charge in [0.05, 0.1) is 6.17 Å². The van der Waals surface area contributed by atoms with E-state index in [2.05, 4.69) is 48.3 Å². The van der Waals surface area contributed by atoms with Gasteiger partial charge in [0, 0.05) is 31.2 Å². The normalized spacial score (nSPS) is 28.4. The molecule has 2 heterocycles. The first-order chi connectivity index (χ1) is 9.43. The number of rotatable bonds is 2. The Balaban J connectivity index is 1.96. The average molecular weight is 275 g/mol. The number of hydrogen-bond donors (Lipinski definition) is 2. The Kier molecular flexibility index (Phi) is 2.90. The molecule has 1 aromatic rings. The minimum atomic E-state index is -0.979. The first kappa shape index (κ1) is 13.2. The van der Waals surface area contributed by atoms with Crippen LogP contribution in [0.1, 0.15) is 24.5 Å². The maximum absolute atomic E-state index is 10.6. The van der Waals surface area contributed by atoms with Crippen molar-refractivity contribution in [3.8, 4) is 0 Å². The first-order valence-electron chi connectivity index (χ1n) is 6.97. The van der Waals surface area contributed by atoms with Crippen molar-refractivity contribution in [1.82, 2.24) is 10.2 Å². The molecule has 20 heavy (non-hydrogen) atoms. The second-order valence-corrected chi connectivity index (χ2v) is 6.14. The summed E-state index contributed by atoms with van der Waals surface area (Å²) in [6.07, 6.45) is 0.564. The first-order valence-corrected chi connectivity index (χ1v) is 6.97. The van der Waals surface area contributed by atoms with Crippen molar-refractivity contribution in [2.45, 2.75) is 31.5 Å². The molecule has 0 radical (unpaired) electrons. The van der Waals surface area contributed by atoms with Crippen LogP contribution >= 0.6 is 0 Å². The average Bonchev–Trinajstić information content (AvgIpc) is 2.82. The summed E-state index contributed by atoms with van der Waals surface area (Å²) in [5.74, 6) is 0. The number of nitrogens with one attached hydrogen (secondary N) is 1. The maximum atomic E-state index is 10.6. The summed E-state index contributed by atoms with van der Waals surface area (Å²) < 4.78 is 0. The van der Waals surface area contributed by atoms with Crippen LogP contribution in [0.15, 0.2) is 18.2 Å². The lowest BCUT2D eigenvalue weighted by molar-refractivity contribution is 0.194. The topological polar surface area (TPSA) is 55.8 Å². The number of carboxylic acid groups (broad SMARTS) is 1. The van der Waals surface area contributed by atoms with E-state index in [1.165, 1.54) is 11.3 Å². The van der Waals surface area contributed by atoms with Gasteiger partial charge in [-0.15, -0.1) is 0 Å². The number of likely N-dealkylation sites (tertiary alicyclic amines) is 1. The number of fused-ring (bicyclic) bond motifs is 3. The molecule has 0 spiro atoms. The van der Waals surface area contributed by atoms with Crippen LogP contribution in [-0.4, -0.2) is 42.9 Å². The van der Waals surface area contributed by atoms with Gasteiger partial charge in [-0.3, -0.25) is 4.90 Å². The Morgan fingerprint density at radius 3 is 2.95 bits per heavy atom. The molecule has 2 aliphatic heterocycles. The van der Waals surface area contributed by atoms with Crippen LogP contribution in [0.25, 0.3) is 0 Å². The van der Waals surface area contributed by atoms with E-state index >= 15 is 0 Å². The van der Waals surface area contributed by atoms with Gasteiger partial charge in [-0.2, -0.15) is 0 Å². The highest BCUT2D eigenvalue weighted by molar-refractivity contribution is 5.66. The Labute approximate surface area is 119 Å². The SMILES string of the molecule is CN1CC[C@@]2(C)c3cc(CNC(=O)O)ccc3N(C)[C@@H]12. The third-order valence-electron chi connectivity index (χ3n) is 4.84. The van der Waals surface area contributed by atoms with Gasteiger partial charge in [-0.1, -0.05) is 19.1 Å². The van der Waals surface area contributed by atoms with E-state index in [-0.39, 0.29) is 5.41 Å². The van der Waals surface area contributed by atoms with E-state index in [9.17, 15) is 4.79 Å². The molecule has 1 amide bonds. The number of amides is 1. The second kappa shape index (κ2) is 4.38. The zero-order valence-electron chi connectivity index (χ0n) is 12.2. The van der Waals surface area contributed by atoms with Crippen molar-refractivity contribution >= 4 is 11.8 Å². The van der Waals surface area contributed by atoms with Gasteiger partial charge in [0.1, 0.15) is 0 Å². The molecule has 0 bridgehead atoms. The summed E-state index contributed by atoms with van der Waals surface area (Å²) in [5.41, 5.74) is 3.77. The van der Waals surface area contributed by atoms with Gasteiger partial charge < -0.3 is 15.3 Å². The molecule has 1 aromatic carbocycles. The summed E-state index contributed by atoms with van der Waals surface area (Å²) in [6, 6.07) is 6.29. The molecule has 2 N–H and O–H groups in total. The van der Waals surface area contributed by atoms with Crippen LogP contribution in [0.2, 0.25) is 0 Å². The molecule has 0 aliphatic carbocycles. The third-order valence-corrected chi connectivity index (χ3v) is 4.84. The quantitative estimate of drug-likeness (QED) is 0.864. The van der Waals surface area contributed by atoms with Gasteiger partial charge in [0.15, 0.2) is 0 Å². The van der Waals surface area contributed by atoms with Crippen LogP contribution < -0.4 is 10.2 Å². The van der Waals surface area contributed by atoms with Crippen LogP contribution in [0, 0.1) is 0 Å². The van der Waals surface area contributed by atoms with E-state index in [0.29, 0.717) is 12.7 Å². The van der Waals surface area contributed by atoms with Crippen molar-refractivity contribution in [1.29, 1.82) is 0 Å². The van der Waals surface area contributed by atoms with Crippen molar-refractivity contribution in [2.24, 2.45) is 0 Å². The largest absolute Gasteiger partial charge is 0.465 e. The van der Waals surface area contributed by atoms with Crippen molar-refractivity contribution in [3.05, 3.63) is 29.3 Å². The highest BCUT2D eigenvalue weighted by atomic mass is 16.4. The molecule has 2 aliphatic rings. The fourth-order valence-electron chi connectivity index (χ4n) is 3.91. The lowest BCUT2D eigenvalue weighted by atomic mass is 9.81. The molecule has 0 unspecified atom stereocenters. The van der Waals surface area contributed by atoms with Crippen molar-refractivity contribution in [3.63, 3.8) is 0 Å². The highest BCUT2D eigenvalue weighted by Gasteiger charge is 2.52. The number of carbonyl (C=O) groups is 1. The van der Waals surface area contributed by atoms with Gasteiger partial charge in [0.25, 0.3) is 0 Å². The minimum Gasteiger partial charge on any atom is -0.465 e. The number of likely N-dealkylation sites (N-methyl/N-ethyl adjacent to an activating group) is 2. The molecule has 0 aromatic heterocycles. The molecular weight excluding hydrogens is 254 g/mol. The van der Waals surface area contributed by atoms with Crippen molar-refractivity contribution < 1.29 is 9.90 Å². The van der Waals surface area contributed by atoms with E-state index in [4.69, 9.17) is 5.11 Å². The Morgan fingerprint density at radius 1 is 1.50 bits per heavy atom. The number of hydrogen-bond acceptors (Lipinski definition) is 3. The summed E-state index contributed by atoms with van der Waals surface area (Å²) in [5, 5.41) is 11.2. The molecule has 3 rings (SSSR count). The molecule has 2 atom stereocenters. The summed E-state index contributed by atoms with van der Waals surface area (Å²) >= 11 is 0. The monoisotopic (exact) mass is 275 g/mol. The van der Waals surface area contributed by atoms with Gasteiger partial charge in [-0.05, 0) is 30.7 Å². The fraction of sp³-hybridized carbons (Fsp3) is 0.533. The lowest BCUT2D eigenvalue weighted by Gasteiger charge is -2.32. The van der Waals surface area contributed by atoms with E-state index in [1.54, 1.807) is 0 Å². The molecule has 5 nitrogen and oxygen atoms in total. The molecule has 0 saturated carbocycles. The molecule has 108 valence electrons. The lowest BCUT2D eigenvalue weighted by Crippen LogP contribution is -2.45. The van der Waals surface area contributed by atoms with Gasteiger partial charge in [-0.25, -0.2) is 4.79 Å². The molecule has 5 heteroatoms. The van der Waals surface area contributed by atoms with Crippen LogP contribution in [-0.2, 0) is 12.0 Å². The zero-order valence-corrected chi connectivity index (χ0v) is 12.2. The van der Waals surface area contributed by atoms with Crippen LogP contribution in [0.4, 0.5) is 10.5 Å². The Hall–Kier alpha value is -1.75. The molecule has 1 fully saturated rings. The minimum absolute atomic E-state index is 0.137. The van der Waals surface area contributed by atoms with Gasteiger partial charge >= 0.3 is 6.09 Å². The number of benzene rings is 1. The maximum Gasteiger partial charge on any atom is 0.404 e. The van der Waals surface area contributed by atoms with E-state index in [1.807, 2.05) is 6.07 Å². The Bertz CT molecular complexity index is 560. The third kappa shape index (κ3) is 1.77. The predicted molar refractivity (Wildman–Crippen MR) is 78.1 cm³/mol. The summed E-state index contributed by atoms with van der Waals surface area (Å²) in [6.45, 7) is 3.78. The fourth-order valence-corrected chi connectivity index (χ4v) is 3.91. The zero-order chi connectivity index (χ0) is 14.5. The van der Waals surface area contributed by atoms with Crippen LogP contribution in [0.5, 0.6) is 0 Å². The Morgan fingerprint density at radius 2 is 2.25 bits per heavy atom. The summed E-state index contributed by atoms with van der Waals surface area (Å²) in [7, 11) is 4.32. The standard InChI is InChI=1S/C15H21N3O2/c1-15-6-7-17(2)13(15)18(3)12-5-4-10(8-11(12)15)9-16-14(19)20/h4-5,8,13,16H,6-7,9H2,1-3H3,(H,19,20)/t13-,15+/m1/s1. The van der Waals surface area contributed by atoms with E-state index in [0.717, 1.165) is 18.5 Å².